The van der Waals surface area contributed by atoms with Gasteiger partial charge in [-0.15, -0.1) is 0 Å². The number of anilines is 1. The highest BCUT2D eigenvalue weighted by Gasteiger charge is 2.16. The van der Waals surface area contributed by atoms with Gasteiger partial charge in [-0.25, -0.2) is 0 Å². The predicted molar refractivity (Wildman–Crippen MR) is 97.5 cm³/mol. The zero-order valence-electron chi connectivity index (χ0n) is 14.1. The maximum absolute atomic E-state index is 5.42. The van der Waals surface area contributed by atoms with Gasteiger partial charge in [0.15, 0.2) is 0 Å². The van der Waals surface area contributed by atoms with E-state index in [2.05, 4.69) is 46.6 Å². The van der Waals surface area contributed by atoms with Crippen LogP contribution in [0.1, 0.15) is 24.5 Å². The van der Waals surface area contributed by atoms with Crippen LogP contribution in [-0.4, -0.2) is 44.4 Å². The standard InChI is InChI=1S/C20H25N3O/c1-4-19(23-11-13-24-14-12-23)5-2-16(1)18-3-6-20(22-15-18)17-7-9-21-10-8-17/h1-6,15,17,21H,7-14H2. The van der Waals surface area contributed by atoms with Gasteiger partial charge in [0.2, 0.25) is 0 Å². The van der Waals surface area contributed by atoms with Gasteiger partial charge < -0.3 is 15.0 Å². The molecule has 3 heterocycles. The average molecular weight is 323 g/mol. The number of pyridine rings is 1. The SMILES string of the molecule is c1cc(N2CCOCC2)ccc1-c1ccc(C2CCNCC2)nc1. The van der Waals surface area contributed by atoms with Crippen LogP contribution in [0.2, 0.25) is 0 Å². The molecule has 0 aliphatic carbocycles. The molecule has 1 N–H and O–H groups in total. The van der Waals surface area contributed by atoms with Gasteiger partial charge in [0.1, 0.15) is 0 Å². The molecule has 126 valence electrons. The molecule has 4 nitrogen and oxygen atoms in total. The van der Waals surface area contributed by atoms with Crippen molar-refractivity contribution in [1.82, 2.24) is 10.3 Å². The molecule has 2 aromatic rings. The Hall–Kier alpha value is -1.91. The van der Waals surface area contributed by atoms with Crippen LogP contribution < -0.4 is 10.2 Å². The summed E-state index contributed by atoms with van der Waals surface area (Å²) >= 11 is 0. The molecule has 0 amide bonds. The molecule has 2 aliphatic heterocycles. The van der Waals surface area contributed by atoms with Crippen LogP contribution in [-0.2, 0) is 4.74 Å². The first-order chi connectivity index (χ1) is 11.9. The van der Waals surface area contributed by atoms with Crippen LogP contribution in [0.25, 0.3) is 11.1 Å². The van der Waals surface area contributed by atoms with E-state index < -0.39 is 0 Å². The summed E-state index contributed by atoms with van der Waals surface area (Å²) in [6.45, 7) is 5.82. The number of piperidine rings is 1. The Morgan fingerprint density at radius 2 is 1.62 bits per heavy atom. The van der Waals surface area contributed by atoms with E-state index in [4.69, 9.17) is 9.72 Å². The maximum Gasteiger partial charge on any atom is 0.0642 e. The summed E-state index contributed by atoms with van der Waals surface area (Å²) in [6.07, 6.45) is 4.42. The number of hydrogen-bond acceptors (Lipinski definition) is 4. The van der Waals surface area contributed by atoms with Gasteiger partial charge in [0.25, 0.3) is 0 Å². The Labute approximate surface area is 143 Å². The van der Waals surface area contributed by atoms with Crippen molar-refractivity contribution in [2.45, 2.75) is 18.8 Å². The highest BCUT2D eigenvalue weighted by atomic mass is 16.5. The van der Waals surface area contributed by atoms with Crippen LogP contribution in [0.3, 0.4) is 0 Å². The first-order valence-corrected chi connectivity index (χ1v) is 9.00. The van der Waals surface area contributed by atoms with E-state index in [-0.39, 0.29) is 0 Å². The molecule has 0 spiro atoms. The number of benzene rings is 1. The summed E-state index contributed by atoms with van der Waals surface area (Å²) in [5, 5.41) is 3.41. The van der Waals surface area contributed by atoms with Crippen molar-refractivity contribution in [2.75, 3.05) is 44.3 Å². The van der Waals surface area contributed by atoms with Crippen LogP contribution in [0.5, 0.6) is 0 Å². The summed E-state index contributed by atoms with van der Waals surface area (Å²) < 4.78 is 5.42. The molecule has 0 unspecified atom stereocenters. The van der Waals surface area contributed by atoms with Crippen LogP contribution >= 0.6 is 0 Å². The molecule has 0 atom stereocenters. The van der Waals surface area contributed by atoms with Crippen molar-refractivity contribution in [3.63, 3.8) is 0 Å². The molecular weight excluding hydrogens is 298 g/mol. The fourth-order valence-corrected chi connectivity index (χ4v) is 3.62. The number of nitrogens with zero attached hydrogens (tertiary/aromatic N) is 2. The summed E-state index contributed by atoms with van der Waals surface area (Å²) in [6, 6.07) is 13.2. The summed E-state index contributed by atoms with van der Waals surface area (Å²) in [5.41, 5.74) is 4.95. The van der Waals surface area contributed by atoms with Crippen LogP contribution in [0, 0.1) is 0 Å². The zero-order chi connectivity index (χ0) is 16.2. The third-order valence-corrected chi connectivity index (χ3v) is 5.12. The van der Waals surface area contributed by atoms with E-state index in [1.54, 1.807) is 0 Å². The number of aromatic nitrogens is 1. The Kier molecular flexibility index (Phi) is 4.76. The van der Waals surface area contributed by atoms with Gasteiger partial charge in [0.05, 0.1) is 13.2 Å². The Balaban J connectivity index is 1.47. The molecule has 24 heavy (non-hydrogen) atoms. The minimum absolute atomic E-state index is 0.615. The molecule has 1 aromatic carbocycles. The number of ether oxygens (including phenoxy) is 1. The van der Waals surface area contributed by atoms with E-state index >= 15 is 0 Å². The monoisotopic (exact) mass is 323 g/mol. The van der Waals surface area contributed by atoms with Gasteiger partial charge >= 0.3 is 0 Å². The lowest BCUT2D eigenvalue weighted by Crippen LogP contribution is -2.36. The summed E-state index contributed by atoms with van der Waals surface area (Å²) in [5.74, 6) is 0.615. The minimum atomic E-state index is 0.615. The molecule has 0 saturated carbocycles. The van der Waals surface area contributed by atoms with E-state index in [9.17, 15) is 0 Å². The summed E-state index contributed by atoms with van der Waals surface area (Å²) in [4.78, 5) is 7.12. The summed E-state index contributed by atoms with van der Waals surface area (Å²) in [7, 11) is 0. The number of rotatable bonds is 3. The topological polar surface area (TPSA) is 37.4 Å². The lowest BCUT2D eigenvalue weighted by atomic mass is 9.93. The third-order valence-electron chi connectivity index (χ3n) is 5.12. The number of hydrogen-bond donors (Lipinski definition) is 1. The number of nitrogens with one attached hydrogen (secondary N) is 1. The second-order valence-electron chi connectivity index (χ2n) is 6.64. The van der Waals surface area contributed by atoms with Gasteiger partial charge in [0, 0.05) is 42.1 Å². The van der Waals surface area contributed by atoms with E-state index in [0.29, 0.717) is 5.92 Å². The lowest BCUT2D eigenvalue weighted by molar-refractivity contribution is 0.122. The first-order valence-electron chi connectivity index (χ1n) is 9.00. The first kappa shape index (κ1) is 15.6. The van der Waals surface area contributed by atoms with Gasteiger partial charge in [-0.05, 0) is 49.7 Å². The number of morpholine rings is 1. The smallest absolute Gasteiger partial charge is 0.0642 e. The highest BCUT2D eigenvalue weighted by molar-refractivity contribution is 5.65. The average Bonchev–Trinajstić information content (AvgIpc) is 2.70. The van der Waals surface area contributed by atoms with Crippen LogP contribution in [0.15, 0.2) is 42.6 Å². The molecule has 2 fully saturated rings. The maximum atomic E-state index is 5.42. The fraction of sp³-hybridized carbons (Fsp3) is 0.450. The second-order valence-corrected chi connectivity index (χ2v) is 6.64. The molecule has 0 radical (unpaired) electrons. The zero-order valence-corrected chi connectivity index (χ0v) is 14.1. The van der Waals surface area contributed by atoms with Crippen LogP contribution in [0.4, 0.5) is 5.69 Å². The molecular formula is C20H25N3O. The van der Waals surface area contributed by atoms with E-state index in [0.717, 1.165) is 39.4 Å². The van der Waals surface area contributed by atoms with Crippen molar-refractivity contribution >= 4 is 5.69 Å². The van der Waals surface area contributed by atoms with Gasteiger partial charge in [-0.3, -0.25) is 4.98 Å². The second kappa shape index (κ2) is 7.32. The van der Waals surface area contributed by atoms with Crippen molar-refractivity contribution < 1.29 is 4.74 Å². The normalized spacial score (nSPS) is 19.4. The van der Waals surface area contributed by atoms with Crippen molar-refractivity contribution in [1.29, 1.82) is 0 Å². The molecule has 0 bridgehead atoms. The van der Waals surface area contributed by atoms with Crippen molar-refractivity contribution in [3.8, 4) is 11.1 Å². The van der Waals surface area contributed by atoms with Gasteiger partial charge in [-0.2, -0.15) is 0 Å². The molecule has 4 heteroatoms. The predicted octanol–water partition coefficient (Wildman–Crippen LogP) is 3.05. The third kappa shape index (κ3) is 3.45. The Morgan fingerprint density at radius 3 is 2.29 bits per heavy atom. The quantitative estimate of drug-likeness (QED) is 0.942. The largest absolute Gasteiger partial charge is 0.378 e. The Morgan fingerprint density at radius 1 is 0.917 bits per heavy atom. The van der Waals surface area contributed by atoms with E-state index in [1.807, 2.05) is 6.20 Å². The Bertz CT molecular complexity index is 582. The van der Waals surface area contributed by atoms with E-state index in [1.165, 1.54) is 35.3 Å². The molecule has 1 aromatic heterocycles. The minimum Gasteiger partial charge on any atom is -0.378 e. The van der Waals surface area contributed by atoms with Crippen molar-refractivity contribution in [2.24, 2.45) is 0 Å². The molecule has 2 saturated heterocycles. The molecule has 4 rings (SSSR count). The van der Waals surface area contributed by atoms with Gasteiger partial charge in [-0.1, -0.05) is 18.2 Å². The van der Waals surface area contributed by atoms with Crippen molar-refractivity contribution in [3.05, 3.63) is 48.3 Å². The fourth-order valence-electron chi connectivity index (χ4n) is 3.62. The molecule has 2 aliphatic rings. The lowest BCUT2D eigenvalue weighted by Gasteiger charge is -2.28. The highest BCUT2D eigenvalue weighted by Crippen LogP contribution is 2.27.